The molecule has 0 radical (unpaired) electrons. The van der Waals surface area contributed by atoms with Crippen molar-refractivity contribution in [2.24, 2.45) is 10.2 Å². The van der Waals surface area contributed by atoms with E-state index in [1.165, 1.54) is 140 Å². The second-order valence-corrected chi connectivity index (χ2v) is 12.4. The molecule has 0 saturated carbocycles. The van der Waals surface area contributed by atoms with E-state index in [1.807, 2.05) is 24.3 Å². The minimum Gasteiger partial charge on any atom is -0.395 e. The van der Waals surface area contributed by atoms with Crippen molar-refractivity contribution in [3.8, 4) is 0 Å². The standard InChI is InChI=1S/C36H57ClN4O3/c1-2-3-4-5-6-7-8-9-10-11-12-13-14-15-16-17-18-19-20-21-28-40(29-30-42)33-24-22-32(23-25-33)38-39-36-27-26-34(41(43)44)31-35(36)37/h22-27,31,42H,2-21,28-30H2,1H3. The van der Waals surface area contributed by atoms with E-state index in [9.17, 15) is 15.2 Å². The van der Waals surface area contributed by atoms with Crippen molar-refractivity contribution in [1.29, 1.82) is 0 Å². The molecule has 246 valence electrons. The predicted molar refractivity (Wildman–Crippen MR) is 186 cm³/mol. The zero-order valence-corrected chi connectivity index (χ0v) is 28.0. The third-order valence-corrected chi connectivity index (χ3v) is 8.58. The summed E-state index contributed by atoms with van der Waals surface area (Å²) in [6.07, 6.45) is 27.5. The van der Waals surface area contributed by atoms with Gasteiger partial charge in [0.1, 0.15) is 5.69 Å². The number of hydrogen-bond acceptors (Lipinski definition) is 6. The Bertz CT molecular complexity index is 1050. The lowest BCUT2D eigenvalue weighted by Gasteiger charge is -2.24. The third-order valence-electron chi connectivity index (χ3n) is 8.28. The molecule has 0 aliphatic rings. The van der Waals surface area contributed by atoms with Gasteiger partial charge in [-0.25, -0.2) is 0 Å². The second kappa shape index (κ2) is 24.8. The highest BCUT2D eigenvalue weighted by Crippen LogP contribution is 2.31. The molecule has 7 nitrogen and oxygen atoms in total. The van der Waals surface area contributed by atoms with Gasteiger partial charge >= 0.3 is 0 Å². The van der Waals surface area contributed by atoms with Crippen LogP contribution in [0.2, 0.25) is 5.02 Å². The number of hydrogen-bond donors (Lipinski definition) is 1. The van der Waals surface area contributed by atoms with Gasteiger partial charge in [-0.15, -0.1) is 5.11 Å². The van der Waals surface area contributed by atoms with E-state index in [1.54, 1.807) is 0 Å². The topological polar surface area (TPSA) is 91.3 Å². The molecule has 0 heterocycles. The molecule has 0 spiro atoms. The van der Waals surface area contributed by atoms with E-state index in [0.717, 1.165) is 18.7 Å². The van der Waals surface area contributed by atoms with Gasteiger partial charge in [0.05, 0.1) is 22.2 Å². The highest BCUT2D eigenvalue weighted by molar-refractivity contribution is 6.33. The number of rotatable bonds is 27. The monoisotopic (exact) mass is 628 g/mol. The number of nitrogens with zero attached hydrogens (tertiary/aromatic N) is 4. The summed E-state index contributed by atoms with van der Waals surface area (Å²) in [5.41, 5.74) is 2.00. The Morgan fingerprint density at radius 1 is 0.682 bits per heavy atom. The highest BCUT2D eigenvalue weighted by atomic mass is 35.5. The molecule has 0 aliphatic heterocycles. The fraction of sp³-hybridized carbons (Fsp3) is 0.667. The first-order chi connectivity index (χ1) is 21.5. The second-order valence-electron chi connectivity index (χ2n) is 12.0. The molecule has 0 amide bonds. The molecule has 2 aromatic carbocycles. The van der Waals surface area contributed by atoms with Crippen LogP contribution < -0.4 is 4.90 Å². The quantitative estimate of drug-likeness (QED) is 0.0461. The van der Waals surface area contributed by atoms with Crippen LogP contribution in [0.4, 0.5) is 22.7 Å². The van der Waals surface area contributed by atoms with Gasteiger partial charge in [0.25, 0.3) is 5.69 Å². The van der Waals surface area contributed by atoms with Crippen LogP contribution in [-0.4, -0.2) is 29.7 Å². The normalized spacial score (nSPS) is 11.4. The smallest absolute Gasteiger partial charge is 0.271 e. The predicted octanol–water partition coefficient (Wildman–Crippen LogP) is 12.3. The van der Waals surface area contributed by atoms with Gasteiger partial charge in [-0.05, 0) is 36.8 Å². The zero-order chi connectivity index (χ0) is 31.7. The van der Waals surface area contributed by atoms with Gasteiger partial charge in [-0.1, -0.05) is 141 Å². The van der Waals surface area contributed by atoms with E-state index < -0.39 is 4.92 Å². The molecule has 1 N–H and O–H groups in total. The SMILES string of the molecule is CCCCCCCCCCCCCCCCCCCCCCN(CCO)c1ccc(N=Nc2ccc([N+](=O)[O-])cc2Cl)cc1. The van der Waals surface area contributed by atoms with Gasteiger partial charge in [-0.2, -0.15) is 5.11 Å². The molecule has 2 aromatic rings. The first-order valence-electron chi connectivity index (χ1n) is 17.4. The first-order valence-corrected chi connectivity index (χ1v) is 17.7. The molecular formula is C36H57ClN4O3. The average Bonchev–Trinajstić information content (AvgIpc) is 3.03. The zero-order valence-electron chi connectivity index (χ0n) is 27.2. The Hall–Kier alpha value is -2.51. The van der Waals surface area contributed by atoms with Crippen molar-refractivity contribution >= 4 is 34.4 Å². The van der Waals surface area contributed by atoms with Gasteiger partial charge in [0, 0.05) is 30.9 Å². The first kappa shape index (κ1) is 37.7. The average molecular weight is 629 g/mol. The summed E-state index contributed by atoms with van der Waals surface area (Å²) < 4.78 is 0. The summed E-state index contributed by atoms with van der Waals surface area (Å²) in [5.74, 6) is 0. The van der Waals surface area contributed by atoms with Crippen LogP contribution in [0.25, 0.3) is 0 Å². The minimum atomic E-state index is -0.494. The van der Waals surface area contributed by atoms with Crippen molar-refractivity contribution in [3.05, 3.63) is 57.6 Å². The van der Waals surface area contributed by atoms with Crippen molar-refractivity contribution in [3.63, 3.8) is 0 Å². The maximum Gasteiger partial charge on any atom is 0.271 e. The number of anilines is 1. The van der Waals surface area contributed by atoms with Crippen molar-refractivity contribution in [2.75, 3.05) is 24.6 Å². The van der Waals surface area contributed by atoms with Crippen LogP contribution in [0.1, 0.15) is 135 Å². The van der Waals surface area contributed by atoms with Crippen LogP contribution in [-0.2, 0) is 0 Å². The summed E-state index contributed by atoms with van der Waals surface area (Å²) in [4.78, 5) is 12.6. The molecular weight excluding hydrogens is 572 g/mol. The van der Waals surface area contributed by atoms with Crippen LogP contribution in [0.5, 0.6) is 0 Å². The molecule has 0 aromatic heterocycles. The summed E-state index contributed by atoms with van der Waals surface area (Å²) in [5, 5.41) is 29.0. The van der Waals surface area contributed by atoms with Crippen molar-refractivity contribution in [1.82, 2.24) is 0 Å². The van der Waals surface area contributed by atoms with Crippen molar-refractivity contribution < 1.29 is 10.0 Å². The van der Waals surface area contributed by atoms with E-state index in [0.29, 0.717) is 17.9 Å². The molecule has 0 atom stereocenters. The molecule has 44 heavy (non-hydrogen) atoms. The number of unbranched alkanes of at least 4 members (excludes halogenated alkanes) is 19. The number of halogens is 1. The maximum absolute atomic E-state index is 10.9. The summed E-state index contributed by atoms with van der Waals surface area (Å²) in [7, 11) is 0. The lowest BCUT2D eigenvalue weighted by molar-refractivity contribution is -0.384. The number of azo groups is 1. The lowest BCUT2D eigenvalue weighted by Crippen LogP contribution is -2.27. The van der Waals surface area contributed by atoms with Gasteiger partial charge in [0.2, 0.25) is 0 Å². The molecule has 0 fully saturated rings. The number of non-ortho nitro benzene ring substituents is 1. The molecule has 0 saturated heterocycles. The molecule has 0 aliphatic carbocycles. The van der Waals surface area contributed by atoms with Crippen LogP contribution >= 0.6 is 11.6 Å². The summed E-state index contributed by atoms with van der Waals surface area (Å²) in [6.45, 7) is 3.91. The highest BCUT2D eigenvalue weighted by Gasteiger charge is 2.09. The number of nitro benzene ring substituents is 1. The largest absolute Gasteiger partial charge is 0.395 e. The van der Waals surface area contributed by atoms with Crippen molar-refractivity contribution in [2.45, 2.75) is 135 Å². The Balaban J connectivity index is 1.51. The number of benzene rings is 2. The molecule has 0 bridgehead atoms. The summed E-state index contributed by atoms with van der Waals surface area (Å²) in [6, 6.07) is 11.8. The van der Waals surface area contributed by atoms with Gasteiger partial charge in [0.15, 0.2) is 0 Å². The van der Waals surface area contributed by atoms with Gasteiger partial charge in [-0.3, -0.25) is 10.1 Å². The van der Waals surface area contributed by atoms with E-state index in [4.69, 9.17) is 11.6 Å². The Morgan fingerprint density at radius 2 is 1.16 bits per heavy atom. The maximum atomic E-state index is 10.9. The Labute approximate surface area is 271 Å². The Morgan fingerprint density at radius 3 is 1.59 bits per heavy atom. The molecule has 2 rings (SSSR count). The molecule has 8 heteroatoms. The number of nitro groups is 1. The van der Waals surface area contributed by atoms with Crippen LogP contribution in [0.3, 0.4) is 0 Å². The van der Waals surface area contributed by atoms with Crippen LogP contribution in [0, 0.1) is 10.1 Å². The van der Waals surface area contributed by atoms with Crippen LogP contribution in [0.15, 0.2) is 52.7 Å². The lowest BCUT2D eigenvalue weighted by atomic mass is 10.0. The van der Waals surface area contributed by atoms with E-state index in [-0.39, 0.29) is 17.3 Å². The fourth-order valence-electron chi connectivity index (χ4n) is 5.58. The Kier molecular flexibility index (Phi) is 21.2. The van der Waals surface area contributed by atoms with E-state index in [2.05, 4.69) is 22.1 Å². The number of aliphatic hydroxyl groups excluding tert-OH is 1. The molecule has 0 unspecified atom stereocenters. The number of aliphatic hydroxyl groups is 1. The van der Waals surface area contributed by atoms with Gasteiger partial charge < -0.3 is 10.0 Å². The summed E-state index contributed by atoms with van der Waals surface area (Å²) >= 11 is 6.10. The van der Waals surface area contributed by atoms with E-state index >= 15 is 0 Å². The minimum absolute atomic E-state index is 0.0810. The third kappa shape index (κ3) is 17.1. The fourth-order valence-corrected chi connectivity index (χ4v) is 5.79.